The van der Waals surface area contributed by atoms with Crippen LogP contribution in [0.1, 0.15) is 41.4 Å². The molecule has 1 aromatic rings. The van der Waals surface area contributed by atoms with Gasteiger partial charge in [-0.25, -0.2) is 0 Å². The zero-order chi connectivity index (χ0) is 15.0. The second-order valence-electron chi connectivity index (χ2n) is 5.69. The number of hydrogen-bond donors (Lipinski definition) is 2. The van der Waals surface area contributed by atoms with Gasteiger partial charge in [0.15, 0.2) is 0 Å². The van der Waals surface area contributed by atoms with Crippen molar-refractivity contribution in [3.63, 3.8) is 0 Å². The molecule has 0 aromatic carbocycles. The van der Waals surface area contributed by atoms with Crippen LogP contribution in [-0.2, 0) is 17.6 Å². The summed E-state index contributed by atoms with van der Waals surface area (Å²) in [5.74, 6) is -0.532. The van der Waals surface area contributed by atoms with Gasteiger partial charge in [0.25, 0.3) is 11.5 Å². The lowest BCUT2D eigenvalue weighted by Gasteiger charge is -2.32. The van der Waals surface area contributed by atoms with Crippen molar-refractivity contribution in [3.05, 3.63) is 33.2 Å². The molecule has 6 nitrogen and oxygen atoms in total. The standard InChI is InChI=1S/C15H19N3O3/c1-9-13(19)16-6-7-18(9)15(21)11-8-10-4-2-3-5-12(10)17-14(11)20/h8-9H,2-7H2,1H3,(H,16,19)(H,17,20). The third kappa shape index (κ3) is 2.46. The molecular weight excluding hydrogens is 270 g/mol. The van der Waals surface area contributed by atoms with Crippen molar-refractivity contribution >= 4 is 11.8 Å². The number of nitrogens with zero attached hydrogens (tertiary/aromatic N) is 1. The van der Waals surface area contributed by atoms with Crippen LogP contribution in [0.3, 0.4) is 0 Å². The van der Waals surface area contributed by atoms with E-state index in [4.69, 9.17) is 0 Å². The summed E-state index contributed by atoms with van der Waals surface area (Å²) in [7, 11) is 0. The van der Waals surface area contributed by atoms with Gasteiger partial charge in [0.1, 0.15) is 11.6 Å². The molecule has 0 spiro atoms. The monoisotopic (exact) mass is 289 g/mol. The summed E-state index contributed by atoms with van der Waals surface area (Å²) < 4.78 is 0. The first kappa shape index (κ1) is 13.9. The number of pyridine rings is 1. The van der Waals surface area contributed by atoms with Crippen molar-refractivity contribution in [1.82, 2.24) is 15.2 Å². The molecule has 2 N–H and O–H groups in total. The third-order valence-corrected chi connectivity index (χ3v) is 4.33. The van der Waals surface area contributed by atoms with E-state index in [9.17, 15) is 14.4 Å². The molecule has 112 valence electrons. The number of aromatic amines is 1. The highest BCUT2D eigenvalue weighted by Gasteiger charge is 2.31. The highest BCUT2D eigenvalue weighted by Crippen LogP contribution is 2.19. The summed E-state index contributed by atoms with van der Waals surface area (Å²) in [5, 5.41) is 2.71. The Labute approximate surface area is 122 Å². The van der Waals surface area contributed by atoms with Crippen LogP contribution in [0.25, 0.3) is 0 Å². The molecule has 1 unspecified atom stereocenters. The van der Waals surface area contributed by atoms with E-state index in [1.807, 2.05) is 0 Å². The molecule has 1 aliphatic heterocycles. The number of piperazine rings is 1. The number of amides is 2. The van der Waals surface area contributed by atoms with Gasteiger partial charge in [-0.2, -0.15) is 0 Å². The van der Waals surface area contributed by atoms with E-state index in [2.05, 4.69) is 10.3 Å². The molecule has 21 heavy (non-hydrogen) atoms. The fraction of sp³-hybridized carbons (Fsp3) is 0.533. The Morgan fingerprint density at radius 2 is 2.05 bits per heavy atom. The van der Waals surface area contributed by atoms with Crippen LogP contribution in [0.2, 0.25) is 0 Å². The Balaban J connectivity index is 1.94. The topological polar surface area (TPSA) is 82.3 Å². The van der Waals surface area contributed by atoms with Gasteiger partial charge in [0.2, 0.25) is 5.91 Å². The minimum atomic E-state index is -0.540. The Bertz CT molecular complexity index is 650. The molecule has 3 rings (SSSR count). The first-order valence-corrected chi connectivity index (χ1v) is 7.41. The van der Waals surface area contributed by atoms with Gasteiger partial charge in [-0.3, -0.25) is 14.4 Å². The van der Waals surface area contributed by atoms with Crippen LogP contribution in [-0.4, -0.2) is 40.8 Å². The summed E-state index contributed by atoms with van der Waals surface area (Å²) in [6.45, 7) is 2.54. The molecule has 1 atom stereocenters. The molecule has 1 aliphatic carbocycles. The quantitative estimate of drug-likeness (QED) is 0.775. The van der Waals surface area contributed by atoms with E-state index in [1.165, 1.54) is 4.90 Å². The Kier molecular flexibility index (Phi) is 3.53. The summed E-state index contributed by atoms with van der Waals surface area (Å²) in [6.07, 6.45) is 3.90. The number of rotatable bonds is 1. The van der Waals surface area contributed by atoms with E-state index in [0.29, 0.717) is 13.1 Å². The molecule has 2 heterocycles. The fourth-order valence-corrected chi connectivity index (χ4v) is 3.05. The molecule has 1 fully saturated rings. The van der Waals surface area contributed by atoms with Crippen LogP contribution in [0.4, 0.5) is 0 Å². The predicted molar refractivity (Wildman–Crippen MR) is 77.2 cm³/mol. The Morgan fingerprint density at radius 3 is 2.86 bits per heavy atom. The van der Waals surface area contributed by atoms with E-state index < -0.39 is 6.04 Å². The van der Waals surface area contributed by atoms with E-state index >= 15 is 0 Å². The average Bonchev–Trinajstić information content (AvgIpc) is 2.48. The number of carbonyl (C=O) groups excluding carboxylic acids is 2. The number of aryl methyl sites for hydroxylation is 2. The smallest absolute Gasteiger partial charge is 0.261 e. The van der Waals surface area contributed by atoms with Crippen LogP contribution >= 0.6 is 0 Å². The second-order valence-corrected chi connectivity index (χ2v) is 5.69. The van der Waals surface area contributed by atoms with E-state index in [1.54, 1.807) is 13.0 Å². The Hall–Kier alpha value is -2.11. The van der Waals surface area contributed by atoms with Gasteiger partial charge in [0.05, 0.1) is 0 Å². The van der Waals surface area contributed by atoms with Crippen LogP contribution in [0, 0.1) is 0 Å². The summed E-state index contributed by atoms with van der Waals surface area (Å²) in [5.41, 5.74) is 1.81. The van der Waals surface area contributed by atoms with Gasteiger partial charge in [-0.1, -0.05) is 0 Å². The van der Waals surface area contributed by atoms with Crippen LogP contribution in [0.15, 0.2) is 10.9 Å². The lowest BCUT2D eigenvalue weighted by Crippen LogP contribution is -2.56. The molecule has 0 radical (unpaired) electrons. The number of fused-ring (bicyclic) bond motifs is 1. The maximum absolute atomic E-state index is 12.6. The largest absolute Gasteiger partial charge is 0.353 e. The van der Waals surface area contributed by atoms with E-state index in [0.717, 1.165) is 36.9 Å². The fourth-order valence-electron chi connectivity index (χ4n) is 3.05. The van der Waals surface area contributed by atoms with Crippen LogP contribution in [0.5, 0.6) is 0 Å². The first-order chi connectivity index (χ1) is 10.1. The average molecular weight is 289 g/mol. The van der Waals surface area contributed by atoms with Crippen molar-refractivity contribution in [2.45, 2.75) is 38.6 Å². The van der Waals surface area contributed by atoms with Crippen molar-refractivity contribution in [1.29, 1.82) is 0 Å². The van der Waals surface area contributed by atoms with Crippen molar-refractivity contribution < 1.29 is 9.59 Å². The predicted octanol–water partition coefficient (Wildman–Crippen LogP) is 0.214. The minimum absolute atomic E-state index is 0.150. The maximum atomic E-state index is 12.6. The lowest BCUT2D eigenvalue weighted by atomic mass is 9.94. The number of aromatic nitrogens is 1. The third-order valence-electron chi connectivity index (χ3n) is 4.33. The first-order valence-electron chi connectivity index (χ1n) is 7.41. The maximum Gasteiger partial charge on any atom is 0.261 e. The highest BCUT2D eigenvalue weighted by atomic mass is 16.2. The summed E-state index contributed by atoms with van der Waals surface area (Å²) in [6, 6.07) is 1.18. The van der Waals surface area contributed by atoms with Gasteiger partial charge in [-0.05, 0) is 44.2 Å². The van der Waals surface area contributed by atoms with Crippen molar-refractivity contribution in [2.75, 3.05) is 13.1 Å². The molecular formula is C15H19N3O3. The van der Waals surface area contributed by atoms with Gasteiger partial charge in [0, 0.05) is 18.8 Å². The van der Waals surface area contributed by atoms with Crippen molar-refractivity contribution in [2.24, 2.45) is 0 Å². The van der Waals surface area contributed by atoms with Crippen LogP contribution < -0.4 is 10.9 Å². The minimum Gasteiger partial charge on any atom is -0.353 e. The van der Waals surface area contributed by atoms with Gasteiger partial charge in [-0.15, -0.1) is 0 Å². The number of carbonyl (C=O) groups is 2. The zero-order valence-corrected chi connectivity index (χ0v) is 12.1. The summed E-state index contributed by atoms with van der Waals surface area (Å²) in [4.78, 5) is 40.7. The molecule has 0 bridgehead atoms. The zero-order valence-electron chi connectivity index (χ0n) is 12.1. The molecule has 2 aliphatic rings. The highest BCUT2D eigenvalue weighted by molar-refractivity contribution is 5.98. The molecule has 2 amide bonds. The van der Waals surface area contributed by atoms with E-state index in [-0.39, 0.29) is 22.9 Å². The lowest BCUT2D eigenvalue weighted by molar-refractivity contribution is -0.127. The molecule has 6 heteroatoms. The number of nitrogens with one attached hydrogen (secondary N) is 2. The molecule has 1 saturated heterocycles. The Morgan fingerprint density at radius 1 is 1.29 bits per heavy atom. The van der Waals surface area contributed by atoms with Crippen molar-refractivity contribution in [3.8, 4) is 0 Å². The normalized spacial score (nSPS) is 21.7. The SMILES string of the molecule is CC1C(=O)NCCN1C(=O)c1cc2c([nH]c1=O)CCCC2. The number of H-pyrrole nitrogens is 1. The summed E-state index contributed by atoms with van der Waals surface area (Å²) >= 11 is 0. The van der Waals surface area contributed by atoms with Gasteiger partial charge < -0.3 is 15.2 Å². The molecule has 0 saturated carbocycles. The molecule has 1 aromatic heterocycles. The number of hydrogen-bond acceptors (Lipinski definition) is 3. The second kappa shape index (κ2) is 5.35. The van der Waals surface area contributed by atoms with Gasteiger partial charge >= 0.3 is 0 Å².